The van der Waals surface area contributed by atoms with Crippen LogP contribution in [0.25, 0.3) is 0 Å². The first-order valence-electron chi connectivity index (χ1n) is 6.25. The molecule has 1 rings (SSSR count). The number of hydrazine groups is 1. The molecule has 0 heterocycles. The fourth-order valence-corrected chi connectivity index (χ4v) is 1.57. The van der Waals surface area contributed by atoms with Crippen LogP contribution in [-0.2, 0) is 14.3 Å². The minimum Gasteiger partial charge on any atom is -0.449 e. The lowest BCUT2D eigenvalue weighted by atomic mass is 9.95. The minimum absolute atomic E-state index is 0.155. The van der Waals surface area contributed by atoms with Crippen molar-refractivity contribution < 1.29 is 23.9 Å². The second kappa shape index (κ2) is 6.74. The Balaban J connectivity index is 2.95. The van der Waals surface area contributed by atoms with E-state index in [1.807, 2.05) is 0 Å². The molecule has 2 amide bonds. The maximum atomic E-state index is 11.9. The number of amides is 2. The molecular formula is C13H18N2O5. The lowest BCUT2D eigenvalue weighted by molar-refractivity contribution is -0.110. The molecule has 1 aliphatic rings. The first-order chi connectivity index (χ1) is 9.42. The van der Waals surface area contributed by atoms with Crippen molar-refractivity contribution in [3.8, 4) is 0 Å². The van der Waals surface area contributed by atoms with Crippen LogP contribution >= 0.6 is 0 Å². The summed E-state index contributed by atoms with van der Waals surface area (Å²) in [7, 11) is 0. The number of nitrogens with one attached hydrogen (secondary N) is 1. The number of allylic oxidation sites excluding steroid dienone is 2. The molecule has 0 saturated carbocycles. The van der Waals surface area contributed by atoms with Crippen molar-refractivity contribution in [1.29, 1.82) is 0 Å². The Hall–Kier alpha value is -2.31. The van der Waals surface area contributed by atoms with Crippen LogP contribution in [0.1, 0.15) is 20.8 Å². The summed E-state index contributed by atoms with van der Waals surface area (Å²) >= 11 is 0. The zero-order valence-electron chi connectivity index (χ0n) is 11.7. The molecule has 7 nitrogen and oxygen atoms in total. The van der Waals surface area contributed by atoms with Crippen LogP contribution < -0.4 is 5.43 Å². The summed E-state index contributed by atoms with van der Waals surface area (Å²) in [5.41, 5.74) is 1.30. The first kappa shape index (κ1) is 15.7. The quantitative estimate of drug-likeness (QED) is 0.794. The average molecular weight is 282 g/mol. The number of rotatable bonds is 3. The van der Waals surface area contributed by atoms with E-state index < -0.39 is 17.7 Å². The molecule has 110 valence electrons. The van der Waals surface area contributed by atoms with Crippen LogP contribution in [0.3, 0.4) is 0 Å². The lowest BCUT2D eigenvalue weighted by Crippen LogP contribution is -2.57. The van der Waals surface area contributed by atoms with Gasteiger partial charge in [-0.3, -0.25) is 4.79 Å². The highest BCUT2D eigenvalue weighted by Crippen LogP contribution is 2.21. The van der Waals surface area contributed by atoms with Gasteiger partial charge in [-0.2, -0.15) is 0 Å². The van der Waals surface area contributed by atoms with E-state index in [0.29, 0.717) is 0 Å². The molecule has 0 aliphatic heterocycles. The largest absolute Gasteiger partial charge is 0.449 e. The summed E-state index contributed by atoms with van der Waals surface area (Å²) in [4.78, 5) is 34.6. The molecular weight excluding hydrogens is 264 g/mol. The SMILES string of the molecule is CCOC(=O)NN(C(=O)OCC)C1(C)C=CC(=O)C=C1. The number of hydrogen-bond acceptors (Lipinski definition) is 5. The summed E-state index contributed by atoms with van der Waals surface area (Å²) in [5.74, 6) is -0.192. The van der Waals surface area contributed by atoms with Gasteiger partial charge in [-0.05, 0) is 45.1 Å². The number of carbonyl (C=O) groups excluding carboxylic acids is 3. The van der Waals surface area contributed by atoms with Crippen LogP contribution in [0.5, 0.6) is 0 Å². The molecule has 0 bridgehead atoms. The van der Waals surface area contributed by atoms with Gasteiger partial charge in [0.1, 0.15) is 5.54 Å². The summed E-state index contributed by atoms with van der Waals surface area (Å²) in [6, 6.07) is 0. The normalized spacial score (nSPS) is 15.7. The molecule has 0 atom stereocenters. The third kappa shape index (κ3) is 3.84. The van der Waals surface area contributed by atoms with Gasteiger partial charge in [0.25, 0.3) is 0 Å². The molecule has 1 N–H and O–H groups in total. The van der Waals surface area contributed by atoms with Crippen molar-refractivity contribution in [2.75, 3.05) is 13.2 Å². The van der Waals surface area contributed by atoms with E-state index in [-0.39, 0.29) is 19.0 Å². The van der Waals surface area contributed by atoms with Crippen molar-refractivity contribution in [2.24, 2.45) is 0 Å². The number of carbonyl (C=O) groups is 3. The smallest absolute Gasteiger partial charge is 0.429 e. The molecule has 0 fully saturated rings. The molecule has 0 unspecified atom stereocenters. The highest BCUT2D eigenvalue weighted by atomic mass is 16.6. The van der Waals surface area contributed by atoms with Gasteiger partial charge in [-0.25, -0.2) is 20.0 Å². The van der Waals surface area contributed by atoms with Crippen molar-refractivity contribution >= 4 is 18.0 Å². The Kier molecular flexibility index (Phi) is 5.31. The van der Waals surface area contributed by atoms with Crippen LogP contribution in [0.2, 0.25) is 0 Å². The standard InChI is InChI=1S/C13H18N2O5/c1-4-19-11(17)14-15(12(18)20-5-2)13(3)8-6-10(16)7-9-13/h6-9H,4-5H2,1-3H3,(H,14,17). The summed E-state index contributed by atoms with van der Waals surface area (Å²) in [5, 5.41) is 0.980. The predicted molar refractivity (Wildman–Crippen MR) is 70.7 cm³/mol. The van der Waals surface area contributed by atoms with Crippen LogP contribution in [-0.4, -0.2) is 41.7 Å². The molecule has 7 heteroatoms. The Labute approximate surface area is 117 Å². The van der Waals surface area contributed by atoms with E-state index in [0.717, 1.165) is 5.01 Å². The number of hydrogen-bond donors (Lipinski definition) is 1. The maximum Gasteiger partial charge on any atom is 0.429 e. The first-order valence-corrected chi connectivity index (χ1v) is 6.25. The lowest BCUT2D eigenvalue weighted by Gasteiger charge is -2.36. The zero-order chi connectivity index (χ0) is 15.2. The number of ketones is 1. The van der Waals surface area contributed by atoms with Gasteiger partial charge >= 0.3 is 12.2 Å². The van der Waals surface area contributed by atoms with E-state index in [9.17, 15) is 14.4 Å². The molecule has 0 radical (unpaired) electrons. The van der Waals surface area contributed by atoms with Gasteiger partial charge in [0.2, 0.25) is 0 Å². The second-order valence-corrected chi connectivity index (χ2v) is 4.16. The van der Waals surface area contributed by atoms with Gasteiger partial charge in [0.15, 0.2) is 5.78 Å². The summed E-state index contributed by atoms with van der Waals surface area (Å²) in [6.07, 6.45) is 4.11. The Bertz CT molecular complexity index is 440. The number of nitrogens with zero attached hydrogens (tertiary/aromatic N) is 1. The molecule has 0 spiro atoms. The fraction of sp³-hybridized carbons (Fsp3) is 0.462. The topological polar surface area (TPSA) is 84.9 Å². The summed E-state index contributed by atoms with van der Waals surface area (Å²) in [6.45, 7) is 5.27. The Morgan fingerprint density at radius 2 is 1.75 bits per heavy atom. The van der Waals surface area contributed by atoms with Gasteiger partial charge in [0.05, 0.1) is 13.2 Å². The van der Waals surface area contributed by atoms with Crippen LogP contribution in [0.4, 0.5) is 9.59 Å². The third-order valence-electron chi connectivity index (χ3n) is 2.58. The van der Waals surface area contributed by atoms with Gasteiger partial charge in [0, 0.05) is 0 Å². The Morgan fingerprint density at radius 3 is 2.25 bits per heavy atom. The molecule has 0 aromatic heterocycles. The van der Waals surface area contributed by atoms with E-state index in [1.165, 1.54) is 24.3 Å². The molecule has 1 aliphatic carbocycles. The fourth-order valence-electron chi connectivity index (χ4n) is 1.57. The summed E-state index contributed by atoms with van der Waals surface area (Å²) < 4.78 is 9.64. The van der Waals surface area contributed by atoms with Crippen molar-refractivity contribution in [3.63, 3.8) is 0 Å². The Morgan fingerprint density at radius 1 is 1.20 bits per heavy atom. The highest BCUT2D eigenvalue weighted by Gasteiger charge is 2.35. The predicted octanol–water partition coefficient (Wildman–Crippen LogP) is 1.56. The number of ether oxygens (including phenoxy) is 2. The maximum absolute atomic E-state index is 11.9. The monoisotopic (exact) mass is 282 g/mol. The third-order valence-corrected chi connectivity index (χ3v) is 2.58. The van der Waals surface area contributed by atoms with Gasteiger partial charge in [-0.15, -0.1) is 0 Å². The second-order valence-electron chi connectivity index (χ2n) is 4.16. The van der Waals surface area contributed by atoms with E-state index >= 15 is 0 Å². The molecule has 0 aromatic rings. The van der Waals surface area contributed by atoms with Crippen molar-refractivity contribution in [1.82, 2.24) is 10.4 Å². The van der Waals surface area contributed by atoms with Crippen LogP contribution in [0, 0.1) is 0 Å². The van der Waals surface area contributed by atoms with Gasteiger partial charge in [-0.1, -0.05) is 0 Å². The van der Waals surface area contributed by atoms with Crippen molar-refractivity contribution in [2.45, 2.75) is 26.3 Å². The van der Waals surface area contributed by atoms with Crippen LogP contribution in [0.15, 0.2) is 24.3 Å². The van der Waals surface area contributed by atoms with Gasteiger partial charge < -0.3 is 9.47 Å². The van der Waals surface area contributed by atoms with E-state index in [2.05, 4.69) is 5.43 Å². The zero-order valence-corrected chi connectivity index (χ0v) is 11.7. The molecule has 0 saturated heterocycles. The van der Waals surface area contributed by atoms with E-state index in [4.69, 9.17) is 9.47 Å². The minimum atomic E-state index is -1.01. The molecule has 0 aromatic carbocycles. The average Bonchev–Trinajstić information content (AvgIpc) is 2.40. The highest BCUT2D eigenvalue weighted by molar-refractivity contribution is 6.00. The van der Waals surface area contributed by atoms with E-state index in [1.54, 1.807) is 20.8 Å². The van der Waals surface area contributed by atoms with Crippen molar-refractivity contribution in [3.05, 3.63) is 24.3 Å². The molecule has 20 heavy (non-hydrogen) atoms.